The molecular formula is C14H14FN3O2S. The number of halogens is 1. The van der Waals surface area contributed by atoms with E-state index in [-0.39, 0.29) is 5.82 Å². The first kappa shape index (κ1) is 13.9. The van der Waals surface area contributed by atoms with Crippen LogP contribution < -0.4 is 4.90 Å². The standard InChI is InChI=1S/C14H14FN3O2S/c1-2-9-11(15)13(17-7-16-9)18-5-3-10-8(4-6-21-10)12(18)14(19)20/h4,6-7,12H,2-3,5H2,1H3,(H,19,20). The number of fused-ring (bicyclic) bond motifs is 1. The quantitative estimate of drug-likeness (QED) is 0.943. The third kappa shape index (κ3) is 2.27. The Hall–Kier alpha value is -2.02. The Labute approximate surface area is 125 Å². The molecule has 0 amide bonds. The van der Waals surface area contributed by atoms with E-state index in [2.05, 4.69) is 9.97 Å². The van der Waals surface area contributed by atoms with Crippen molar-refractivity contribution in [3.05, 3.63) is 39.7 Å². The molecule has 0 spiro atoms. The van der Waals surface area contributed by atoms with E-state index in [1.165, 1.54) is 22.6 Å². The lowest BCUT2D eigenvalue weighted by molar-refractivity contribution is -0.138. The Morgan fingerprint density at radius 2 is 2.38 bits per heavy atom. The van der Waals surface area contributed by atoms with Crippen molar-refractivity contribution in [3.63, 3.8) is 0 Å². The second-order valence-electron chi connectivity index (χ2n) is 4.79. The average Bonchev–Trinajstić information content (AvgIpc) is 2.94. The van der Waals surface area contributed by atoms with Crippen LogP contribution in [0.2, 0.25) is 0 Å². The number of thiophene rings is 1. The molecule has 1 aliphatic heterocycles. The number of carbonyl (C=O) groups is 1. The SMILES string of the molecule is CCc1ncnc(N2CCc3sccc3C2C(=O)O)c1F. The molecular weight excluding hydrogens is 293 g/mol. The number of carboxylic acids is 1. The summed E-state index contributed by atoms with van der Waals surface area (Å²) in [6.07, 6.45) is 2.43. The molecule has 1 aliphatic rings. The predicted molar refractivity (Wildman–Crippen MR) is 77.1 cm³/mol. The summed E-state index contributed by atoms with van der Waals surface area (Å²) >= 11 is 1.54. The minimum Gasteiger partial charge on any atom is -0.479 e. The fraction of sp³-hybridized carbons (Fsp3) is 0.357. The summed E-state index contributed by atoms with van der Waals surface area (Å²) in [4.78, 5) is 22.1. The average molecular weight is 307 g/mol. The van der Waals surface area contributed by atoms with Gasteiger partial charge in [-0.1, -0.05) is 6.92 Å². The maximum atomic E-state index is 14.4. The first-order valence-electron chi connectivity index (χ1n) is 6.68. The van der Waals surface area contributed by atoms with Crippen molar-refractivity contribution in [2.45, 2.75) is 25.8 Å². The zero-order valence-electron chi connectivity index (χ0n) is 11.4. The first-order chi connectivity index (χ1) is 10.1. The zero-order chi connectivity index (χ0) is 15.0. The molecule has 0 radical (unpaired) electrons. The number of aromatic nitrogens is 2. The van der Waals surface area contributed by atoms with Crippen LogP contribution >= 0.6 is 11.3 Å². The van der Waals surface area contributed by atoms with Gasteiger partial charge in [-0.15, -0.1) is 11.3 Å². The first-order valence-corrected chi connectivity index (χ1v) is 7.56. The Kier molecular flexibility index (Phi) is 3.59. The van der Waals surface area contributed by atoms with Crippen molar-refractivity contribution in [1.82, 2.24) is 9.97 Å². The van der Waals surface area contributed by atoms with Crippen molar-refractivity contribution in [2.75, 3.05) is 11.4 Å². The van der Waals surface area contributed by atoms with Crippen LogP contribution in [0.15, 0.2) is 17.8 Å². The van der Waals surface area contributed by atoms with Gasteiger partial charge in [0.2, 0.25) is 0 Å². The number of nitrogens with zero attached hydrogens (tertiary/aromatic N) is 3. The van der Waals surface area contributed by atoms with Gasteiger partial charge >= 0.3 is 5.97 Å². The highest BCUT2D eigenvalue weighted by atomic mass is 32.1. The van der Waals surface area contributed by atoms with E-state index in [1.54, 1.807) is 13.0 Å². The number of aryl methyl sites for hydroxylation is 1. The van der Waals surface area contributed by atoms with Crippen molar-refractivity contribution >= 4 is 23.1 Å². The maximum Gasteiger partial charge on any atom is 0.331 e. The molecule has 1 N–H and O–H groups in total. The zero-order valence-corrected chi connectivity index (χ0v) is 12.2. The van der Waals surface area contributed by atoms with E-state index in [4.69, 9.17) is 0 Å². The third-order valence-corrected chi connectivity index (χ3v) is 4.65. The van der Waals surface area contributed by atoms with Gasteiger partial charge in [-0.25, -0.2) is 19.2 Å². The summed E-state index contributed by atoms with van der Waals surface area (Å²) in [5.41, 5.74) is 1.04. The molecule has 0 aliphatic carbocycles. The van der Waals surface area contributed by atoms with Crippen LogP contribution in [-0.2, 0) is 17.6 Å². The van der Waals surface area contributed by atoms with E-state index in [1.807, 2.05) is 5.38 Å². The maximum absolute atomic E-state index is 14.4. The normalized spacial score (nSPS) is 17.6. The van der Waals surface area contributed by atoms with Crippen LogP contribution in [0.5, 0.6) is 0 Å². The summed E-state index contributed by atoms with van der Waals surface area (Å²) in [5.74, 6) is -1.44. The number of hydrogen-bond acceptors (Lipinski definition) is 5. The molecule has 110 valence electrons. The van der Waals surface area contributed by atoms with Crippen molar-refractivity contribution in [2.24, 2.45) is 0 Å². The molecule has 0 saturated carbocycles. The highest BCUT2D eigenvalue weighted by Crippen LogP contribution is 2.36. The van der Waals surface area contributed by atoms with E-state index < -0.39 is 17.8 Å². The van der Waals surface area contributed by atoms with E-state index in [0.717, 1.165) is 10.4 Å². The Morgan fingerprint density at radius 1 is 1.57 bits per heavy atom. The van der Waals surface area contributed by atoms with Crippen LogP contribution in [0, 0.1) is 5.82 Å². The van der Waals surface area contributed by atoms with Crippen LogP contribution in [0.4, 0.5) is 10.2 Å². The molecule has 0 fully saturated rings. The lowest BCUT2D eigenvalue weighted by Gasteiger charge is -2.34. The highest BCUT2D eigenvalue weighted by Gasteiger charge is 2.36. The fourth-order valence-corrected chi connectivity index (χ4v) is 3.56. The molecule has 0 aromatic carbocycles. The summed E-state index contributed by atoms with van der Waals surface area (Å²) in [7, 11) is 0. The lowest BCUT2D eigenvalue weighted by atomic mass is 10.00. The van der Waals surface area contributed by atoms with Gasteiger partial charge < -0.3 is 10.0 Å². The van der Waals surface area contributed by atoms with E-state index >= 15 is 0 Å². The van der Waals surface area contributed by atoms with E-state index in [0.29, 0.717) is 25.1 Å². The van der Waals surface area contributed by atoms with Gasteiger partial charge in [0.1, 0.15) is 6.33 Å². The molecule has 1 atom stereocenters. The number of carboxylic acid groups (broad SMARTS) is 1. The van der Waals surface area contributed by atoms with Gasteiger partial charge in [0.25, 0.3) is 0 Å². The predicted octanol–water partition coefficient (Wildman–Crippen LogP) is 2.43. The number of hydrogen-bond donors (Lipinski definition) is 1. The molecule has 3 rings (SSSR count). The van der Waals surface area contributed by atoms with Gasteiger partial charge in [0.05, 0.1) is 5.69 Å². The van der Waals surface area contributed by atoms with Crippen LogP contribution in [0.3, 0.4) is 0 Å². The molecule has 0 saturated heterocycles. The molecule has 3 heterocycles. The van der Waals surface area contributed by atoms with Crippen molar-refractivity contribution in [1.29, 1.82) is 0 Å². The molecule has 1 unspecified atom stereocenters. The molecule has 2 aromatic rings. The van der Waals surface area contributed by atoms with Crippen molar-refractivity contribution in [3.8, 4) is 0 Å². The molecule has 7 heteroatoms. The number of rotatable bonds is 3. The van der Waals surface area contributed by atoms with Gasteiger partial charge in [-0.05, 0) is 29.9 Å². The van der Waals surface area contributed by atoms with Gasteiger partial charge in [-0.3, -0.25) is 0 Å². The number of aliphatic carboxylic acids is 1. The second-order valence-corrected chi connectivity index (χ2v) is 5.80. The van der Waals surface area contributed by atoms with E-state index in [9.17, 15) is 14.3 Å². The van der Waals surface area contributed by atoms with Crippen LogP contribution in [0.1, 0.15) is 29.1 Å². The molecule has 21 heavy (non-hydrogen) atoms. The minimum absolute atomic E-state index is 0.0751. The topological polar surface area (TPSA) is 66.3 Å². The number of anilines is 1. The lowest BCUT2D eigenvalue weighted by Crippen LogP contribution is -2.40. The smallest absolute Gasteiger partial charge is 0.331 e. The van der Waals surface area contributed by atoms with Crippen LogP contribution in [-0.4, -0.2) is 27.6 Å². The highest BCUT2D eigenvalue weighted by molar-refractivity contribution is 7.10. The Morgan fingerprint density at radius 3 is 3.10 bits per heavy atom. The largest absolute Gasteiger partial charge is 0.479 e. The molecule has 0 bridgehead atoms. The third-order valence-electron chi connectivity index (χ3n) is 3.65. The van der Waals surface area contributed by atoms with Gasteiger partial charge in [0.15, 0.2) is 17.7 Å². The molecule has 2 aromatic heterocycles. The fourth-order valence-electron chi connectivity index (χ4n) is 2.65. The summed E-state index contributed by atoms with van der Waals surface area (Å²) in [6, 6.07) is 0.902. The Balaban J connectivity index is 2.08. The summed E-state index contributed by atoms with van der Waals surface area (Å²) in [6.45, 7) is 2.23. The second kappa shape index (κ2) is 5.40. The monoisotopic (exact) mass is 307 g/mol. The molecule has 5 nitrogen and oxygen atoms in total. The van der Waals surface area contributed by atoms with Gasteiger partial charge in [-0.2, -0.15) is 0 Å². The minimum atomic E-state index is -0.995. The van der Waals surface area contributed by atoms with Gasteiger partial charge in [0, 0.05) is 11.4 Å². The van der Waals surface area contributed by atoms with Crippen molar-refractivity contribution < 1.29 is 14.3 Å². The van der Waals surface area contributed by atoms with Crippen LogP contribution in [0.25, 0.3) is 0 Å². The Bertz CT molecular complexity index is 689. The summed E-state index contributed by atoms with van der Waals surface area (Å²) in [5, 5.41) is 11.4. The summed E-state index contributed by atoms with van der Waals surface area (Å²) < 4.78 is 14.4.